The fraction of sp³-hybridized carbons (Fsp3) is 0.533. The summed E-state index contributed by atoms with van der Waals surface area (Å²) in [6, 6.07) is 3.45. The van der Waals surface area contributed by atoms with Gasteiger partial charge in [0.05, 0.1) is 5.56 Å². The predicted molar refractivity (Wildman–Crippen MR) is 70.5 cm³/mol. The van der Waals surface area contributed by atoms with E-state index in [0.717, 1.165) is 25.0 Å². The van der Waals surface area contributed by atoms with Crippen LogP contribution in [0.3, 0.4) is 0 Å². The van der Waals surface area contributed by atoms with Gasteiger partial charge in [-0.05, 0) is 49.4 Å². The average Bonchev–Trinajstić information content (AvgIpc) is 2.87. The summed E-state index contributed by atoms with van der Waals surface area (Å²) in [6.45, 7) is 2.11. The van der Waals surface area contributed by atoms with E-state index in [4.69, 9.17) is 0 Å². The van der Waals surface area contributed by atoms with Crippen LogP contribution in [-0.4, -0.2) is 12.5 Å². The standard InChI is InChI=1S/C15H18F3NO/c1-10-6-12(8-13(7-10)15(16,17)18)14(20)19-9-11-4-2-3-5-11/h6-8,11H,2-5,9H2,1H3,(H,19,20). The van der Waals surface area contributed by atoms with Crippen molar-refractivity contribution in [3.05, 3.63) is 34.9 Å². The van der Waals surface area contributed by atoms with Crippen molar-refractivity contribution < 1.29 is 18.0 Å². The largest absolute Gasteiger partial charge is 0.416 e. The third-order valence-corrected chi connectivity index (χ3v) is 3.69. The maximum Gasteiger partial charge on any atom is 0.416 e. The predicted octanol–water partition coefficient (Wildman–Crippen LogP) is 3.93. The number of carbonyl (C=O) groups excluding carboxylic acids is 1. The molecule has 0 unspecified atom stereocenters. The quantitative estimate of drug-likeness (QED) is 0.895. The van der Waals surface area contributed by atoms with E-state index >= 15 is 0 Å². The van der Waals surface area contributed by atoms with Gasteiger partial charge >= 0.3 is 6.18 Å². The molecule has 20 heavy (non-hydrogen) atoms. The Balaban J connectivity index is 2.07. The highest BCUT2D eigenvalue weighted by atomic mass is 19.4. The number of nitrogens with one attached hydrogen (secondary N) is 1. The number of hydrogen-bond acceptors (Lipinski definition) is 1. The van der Waals surface area contributed by atoms with E-state index in [1.54, 1.807) is 6.92 Å². The molecule has 1 N–H and O–H groups in total. The fourth-order valence-corrected chi connectivity index (χ4v) is 2.63. The zero-order valence-electron chi connectivity index (χ0n) is 11.4. The van der Waals surface area contributed by atoms with E-state index in [1.807, 2.05) is 0 Å². The Bertz CT molecular complexity index is 490. The second-order valence-corrected chi connectivity index (χ2v) is 5.45. The molecular formula is C15H18F3NO. The van der Waals surface area contributed by atoms with Crippen molar-refractivity contribution in [2.24, 2.45) is 5.92 Å². The second kappa shape index (κ2) is 5.85. The lowest BCUT2D eigenvalue weighted by Crippen LogP contribution is -2.28. The Morgan fingerprint density at radius 1 is 1.25 bits per heavy atom. The van der Waals surface area contributed by atoms with Gasteiger partial charge in [0.25, 0.3) is 5.91 Å². The first-order valence-corrected chi connectivity index (χ1v) is 6.83. The van der Waals surface area contributed by atoms with Crippen LogP contribution in [0.1, 0.15) is 47.2 Å². The molecule has 1 aromatic rings. The number of rotatable bonds is 3. The molecule has 0 saturated heterocycles. The summed E-state index contributed by atoms with van der Waals surface area (Å²) in [5.41, 5.74) is -0.260. The van der Waals surface area contributed by atoms with Gasteiger partial charge in [-0.1, -0.05) is 12.8 Å². The van der Waals surface area contributed by atoms with E-state index in [1.165, 1.54) is 18.9 Å². The Kier molecular flexibility index (Phi) is 4.35. The van der Waals surface area contributed by atoms with Crippen LogP contribution in [0.4, 0.5) is 13.2 Å². The van der Waals surface area contributed by atoms with Crippen LogP contribution in [0, 0.1) is 12.8 Å². The maximum atomic E-state index is 12.7. The number of alkyl halides is 3. The van der Waals surface area contributed by atoms with Crippen LogP contribution in [0.5, 0.6) is 0 Å². The molecule has 1 aliphatic carbocycles. The molecule has 1 aromatic carbocycles. The molecule has 110 valence electrons. The van der Waals surface area contributed by atoms with Crippen LogP contribution >= 0.6 is 0 Å². The van der Waals surface area contributed by atoms with E-state index in [9.17, 15) is 18.0 Å². The molecule has 2 rings (SSSR count). The number of amides is 1. The normalized spacial score (nSPS) is 16.4. The van der Waals surface area contributed by atoms with E-state index in [0.29, 0.717) is 18.0 Å². The van der Waals surface area contributed by atoms with Gasteiger partial charge in [-0.2, -0.15) is 13.2 Å². The molecule has 0 atom stereocenters. The second-order valence-electron chi connectivity index (χ2n) is 5.45. The minimum Gasteiger partial charge on any atom is -0.352 e. The molecule has 5 heteroatoms. The minimum absolute atomic E-state index is 0.0790. The van der Waals surface area contributed by atoms with Gasteiger partial charge in [0.1, 0.15) is 0 Å². The highest BCUT2D eigenvalue weighted by molar-refractivity contribution is 5.94. The average molecular weight is 285 g/mol. The lowest BCUT2D eigenvalue weighted by atomic mass is 10.0. The highest BCUT2D eigenvalue weighted by Gasteiger charge is 2.31. The number of benzene rings is 1. The summed E-state index contributed by atoms with van der Waals surface area (Å²) in [7, 11) is 0. The van der Waals surface area contributed by atoms with Crippen molar-refractivity contribution in [2.45, 2.75) is 38.8 Å². The molecule has 0 spiro atoms. The van der Waals surface area contributed by atoms with Crippen molar-refractivity contribution >= 4 is 5.91 Å². The van der Waals surface area contributed by atoms with Crippen molar-refractivity contribution in [1.29, 1.82) is 0 Å². The lowest BCUT2D eigenvalue weighted by Gasteiger charge is -2.13. The first-order chi connectivity index (χ1) is 9.36. The van der Waals surface area contributed by atoms with Crippen LogP contribution in [0.15, 0.2) is 18.2 Å². The molecule has 2 nitrogen and oxygen atoms in total. The van der Waals surface area contributed by atoms with Crippen LogP contribution in [0.2, 0.25) is 0 Å². The summed E-state index contributed by atoms with van der Waals surface area (Å²) >= 11 is 0. The molecule has 1 saturated carbocycles. The zero-order chi connectivity index (χ0) is 14.8. The molecule has 0 bridgehead atoms. The third-order valence-electron chi connectivity index (χ3n) is 3.69. The zero-order valence-corrected chi connectivity index (χ0v) is 11.4. The number of hydrogen-bond donors (Lipinski definition) is 1. The topological polar surface area (TPSA) is 29.1 Å². The summed E-state index contributed by atoms with van der Waals surface area (Å²) in [6.07, 6.45) is 0.0860. The van der Waals surface area contributed by atoms with Gasteiger partial charge in [-0.25, -0.2) is 0 Å². The van der Waals surface area contributed by atoms with Gasteiger partial charge in [0, 0.05) is 12.1 Å². The monoisotopic (exact) mass is 285 g/mol. The maximum absolute atomic E-state index is 12.7. The number of halogens is 3. The van der Waals surface area contributed by atoms with E-state index in [-0.39, 0.29) is 5.56 Å². The number of carbonyl (C=O) groups is 1. The van der Waals surface area contributed by atoms with Gasteiger partial charge < -0.3 is 5.32 Å². The van der Waals surface area contributed by atoms with Crippen molar-refractivity contribution in [3.63, 3.8) is 0 Å². The summed E-state index contributed by atoms with van der Waals surface area (Å²) in [5.74, 6) is 0.0388. The molecule has 0 aliphatic heterocycles. The van der Waals surface area contributed by atoms with Crippen molar-refractivity contribution in [3.8, 4) is 0 Å². The Hall–Kier alpha value is -1.52. The summed E-state index contributed by atoms with van der Waals surface area (Å²) in [5, 5.41) is 2.74. The molecule has 0 aromatic heterocycles. The fourth-order valence-electron chi connectivity index (χ4n) is 2.63. The van der Waals surface area contributed by atoms with Crippen LogP contribution < -0.4 is 5.32 Å². The Morgan fingerprint density at radius 2 is 1.90 bits per heavy atom. The molecule has 0 radical (unpaired) electrons. The van der Waals surface area contributed by atoms with E-state index < -0.39 is 17.6 Å². The summed E-state index contributed by atoms with van der Waals surface area (Å²) in [4.78, 5) is 12.0. The lowest BCUT2D eigenvalue weighted by molar-refractivity contribution is -0.137. The van der Waals surface area contributed by atoms with E-state index in [2.05, 4.69) is 5.32 Å². The van der Waals surface area contributed by atoms with Crippen molar-refractivity contribution in [1.82, 2.24) is 5.32 Å². The Morgan fingerprint density at radius 3 is 2.50 bits per heavy atom. The molecule has 1 fully saturated rings. The van der Waals surface area contributed by atoms with Gasteiger partial charge in [0.2, 0.25) is 0 Å². The molecule has 0 heterocycles. The first-order valence-electron chi connectivity index (χ1n) is 6.83. The molecule has 1 amide bonds. The number of aryl methyl sites for hydroxylation is 1. The van der Waals surface area contributed by atoms with Crippen molar-refractivity contribution in [2.75, 3.05) is 6.54 Å². The van der Waals surface area contributed by atoms with Crippen LogP contribution in [-0.2, 0) is 6.18 Å². The SMILES string of the molecule is Cc1cc(C(=O)NCC2CCCC2)cc(C(F)(F)F)c1. The smallest absolute Gasteiger partial charge is 0.352 e. The first kappa shape index (κ1) is 14.9. The highest BCUT2D eigenvalue weighted by Crippen LogP contribution is 2.30. The van der Waals surface area contributed by atoms with Crippen LogP contribution in [0.25, 0.3) is 0 Å². The Labute approximate surface area is 116 Å². The van der Waals surface area contributed by atoms with Gasteiger partial charge in [-0.15, -0.1) is 0 Å². The molecular weight excluding hydrogens is 267 g/mol. The molecule has 1 aliphatic rings. The third kappa shape index (κ3) is 3.74. The minimum atomic E-state index is -4.42. The summed E-state index contributed by atoms with van der Waals surface area (Å²) < 4.78 is 38.1. The van der Waals surface area contributed by atoms with Gasteiger partial charge in [-0.3, -0.25) is 4.79 Å². The van der Waals surface area contributed by atoms with Gasteiger partial charge in [0.15, 0.2) is 0 Å².